The maximum Gasteiger partial charge on any atom is 0.312 e. The molecule has 0 bridgehead atoms. The lowest BCUT2D eigenvalue weighted by Gasteiger charge is -2.14. The van der Waals surface area contributed by atoms with Gasteiger partial charge in [-0.25, -0.2) is 4.79 Å². The van der Waals surface area contributed by atoms with Gasteiger partial charge in [0, 0.05) is 26.1 Å². The van der Waals surface area contributed by atoms with Crippen molar-refractivity contribution in [2.75, 3.05) is 19.6 Å². The van der Waals surface area contributed by atoms with E-state index in [9.17, 15) is 9.59 Å². The summed E-state index contributed by atoms with van der Waals surface area (Å²) in [7, 11) is 0. The Bertz CT molecular complexity index is 193. The van der Waals surface area contributed by atoms with Crippen LogP contribution in [-0.4, -0.2) is 36.5 Å². The van der Waals surface area contributed by atoms with Crippen molar-refractivity contribution < 1.29 is 9.59 Å². The second-order valence-electron chi connectivity index (χ2n) is 2.78. The maximum atomic E-state index is 11.0. The third-order valence-electron chi connectivity index (χ3n) is 1.85. The lowest BCUT2D eigenvalue weighted by Crippen LogP contribution is -2.37. The fourth-order valence-corrected chi connectivity index (χ4v) is 1.25. The van der Waals surface area contributed by atoms with Crippen LogP contribution in [0.1, 0.15) is 12.8 Å². The first kappa shape index (κ1) is 8.83. The average Bonchev–Trinajstić information content (AvgIpc) is 2.36. The molecule has 0 aromatic heterocycles. The summed E-state index contributed by atoms with van der Waals surface area (Å²) < 4.78 is 0. The second kappa shape index (κ2) is 3.94. The molecule has 1 saturated heterocycles. The quantitative estimate of drug-likeness (QED) is 0.587. The Morgan fingerprint density at radius 1 is 1.67 bits per heavy atom. The third-order valence-corrected chi connectivity index (χ3v) is 1.85. The number of amides is 3. The Kier molecular flexibility index (Phi) is 2.90. The summed E-state index contributed by atoms with van der Waals surface area (Å²) in [5.41, 5.74) is 4.86. The van der Waals surface area contributed by atoms with Gasteiger partial charge in [-0.15, -0.1) is 0 Å². The predicted molar refractivity (Wildman–Crippen MR) is 43.4 cm³/mol. The van der Waals surface area contributed by atoms with Gasteiger partial charge in [0.15, 0.2) is 0 Å². The zero-order valence-corrected chi connectivity index (χ0v) is 6.88. The van der Waals surface area contributed by atoms with Crippen LogP contribution in [-0.2, 0) is 4.79 Å². The molecule has 1 fully saturated rings. The zero-order chi connectivity index (χ0) is 8.97. The van der Waals surface area contributed by atoms with Gasteiger partial charge in [-0.3, -0.25) is 4.79 Å². The summed E-state index contributed by atoms with van der Waals surface area (Å²) in [6.45, 7) is 1.82. The van der Waals surface area contributed by atoms with Crippen LogP contribution in [0.25, 0.3) is 0 Å². The standard InChI is InChI=1S/C7H13N3O2/c8-7(12)9-3-5-10-4-1-2-6(10)11/h1-5H2,(H3,8,9,12). The van der Waals surface area contributed by atoms with Gasteiger partial charge in [0.1, 0.15) is 0 Å². The molecule has 0 saturated carbocycles. The van der Waals surface area contributed by atoms with E-state index < -0.39 is 6.03 Å². The highest BCUT2D eigenvalue weighted by molar-refractivity contribution is 5.78. The van der Waals surface area contributed by atoms with Crippen LogP contribution in [0.5, 0.6) is 0 Å². The van der Waals surface area contributed by atoms with Crippen molar-refractivity contribution in [3.8, 4) is 0 Å². The normalized spacial score (nSPS) is 16.7. The number of primary amides is 1. The minimum atomic E-state index is -0.540. The lowest BCUT2D eigenvalue weighted by atomic mass is 10.4. The highest BCUT2D eigenvalue weighted by Gasteiger charge is 2.18. The molecule has 3 N–H and O–H groups in total. The number of rotatable bonds is 3. The van der Waals surface area contributed by atoms with Crippen LogP contribution >= 0.6 is 0 Å². The number of likely N-dealkylation sites (tertiary alicyclic amines) is 1. The van der Waals surface area contributed by atoms with E-state index in [1.807, 2.05) is 0 Å². The Morgan fingerprint density at radius 2 is 2.42 bits per heavy atom. The summed E-state index contributed by atoms with van der Waals surface area (Å²) in [6.07, 6.45) is 1.56. The molecule has 0 unspecified atom stereocenters. The van der Waals surface area contributed by atoms with E-state index in [0.29, 0.717) is 19.5 Å². The molecular weight excluding hydrogens is 158 g/mol. The molecule has 0 aliphatic carbocycles. The fraction of sp³-hybridized carbons (Fsp3) is 0.714. The molecule has 5 heteroatoms. The van der Waals surface area contributed by atoms with Crippen LogP contribution in [0.4, 0.5) is 4.79 Å². The number of carbonyl (C=O) groups is 2. The molecule has 0 aromatic carbocycles. The van der Waals surface area contributed by atoms with Gasteiger partial charge in [0.2, 0.25) is 5.91 Å². The van der Waals surface area contributed by atoms with Crippen molar-refractivity contribution >= 4 is 11.9 Å². The highest BCUT2D eigenvalue weighted by atomic mass is 16.2. The van der Waals surface area contributed by atoms with Crippen molar-refractivity contribution in [3.05, 3.63) is 0 Å². The minimum absolute atomic E-state index is 0.168. The summed E-state index contributed by atoms with van der Waals surface area (Å²) in [6, 6.07) is -0.540. The van der Waals surface area contributed by atoms with Gasteiger partial charge in [0.05, 0.1) is 0 Å². The van der Waals surface area contributed by atoms with Gasteiger partial charge in [-0.2, -0.15) is 0 Å². The highest BCUT2D eigenvalue weighted by Crippen LogP contribution is 2.07. The number of urea groups is 1. The summed E-state index contributed by atoms with van der Waals surface area (Å²) in [5.74, 6) is 0.168. The van der Waals surface area contributed by atoms with E-state index in [2.05, 4.69) is 5.32 Å². The van der Waals surface area contributed by atoms with Crippen molar-refractivity contribution in [1.82, 2.24) is 10.2 Å². The molecular formula is C7H13N3O2. The molecule has 5 nitrogen and oxygen atoms in total. The van der Waals surface area contributed by atoms with Crippen LogP contribution in [0.2, 0.25) is 0 Å². The van der Waals surface area contributed by atoms with Crippen LogP contribution in [0, 0.1) is 0 Å². The molecule has 1 rings (SSSR count). The predicted octanol–water partition coefficient (Wildman–Crippen LogP) is -0.723. The number of nitrogens with two attached hydrogens (primary N) is 1. The van der Waals surface area contributed by atoms with Gasteiger partial charge in [-0.05, 0) is 6.42 Å². The number of hydrogen-bond donors (Lipinski definition) is 2. The summed E-state index contributed by atoms with van der Waals surface area (Å²) in [4.78, 5) is 23.0. The Morgan fingerprint density at radius 3 is 2.92 bits per heavy atom. The van der Waals surface area contributed by atoms with Crippen molar-refractivity contribution in [2.45, 2.75) is 12.8 Å². The average molecular weight is 171 g/mol. The molecule has 68 valence electrons. The fourth-order valence-electron chi connectivity index (χ4n) is 1.25. The minimum Gasteiger partial charge on any atom is -0.352 e. The van der Waals surface area contributed by atoms with Gasteiger partial charge >= 0.3 is 6.03 Å². The molecule has 0 radical (unpaired) electrons. The number of nitrogens with zero attached hydrogens (tertiary/aromatic N) is 1. The Labute approximate surface area is 70.9 Å². The zero-order valence-electron chi connectivity index (χ0n) is 6.88. The molecule has 1 aliphatic rings. The third kappa shape index (κ3) is 2.41. The topological polar surface area (TPSA) is 75.4 Å². The monoisotopic (exact) mass is 171 g/mol. The van der Waals surface area contributed by atoms with Crippen LogP contribution in [0.15, 0.2) is 0 Å². The summed E-state index contributed by atoms with van der Waals surface area (Å²) >= 11 is 0. The first-order valence-electron chi connectivity index (χ1n) is 4.01. The van der Waals surface area contributed by atoms with Crippen molar-refractivity contribution in [1.29, 1.82) is 0 Å². The Hall–Kier alpha value is -1.26. The van der Waals surface area contributed by atoms with Crippen LogP contribution < -0.4 is 11.1 Å². The first-order chi connectivity index (χ1) is 5.70. The lowest BCUT2D eigenvalue weighted by molar-refractivity contribution is -0.127. The molecule has 1 heterocycles. The van der Waals surface area contributed by atoms with Crippen molar-refractivity contribution in [2.24, 2.45) is 5.73 Å². The van der Waals surface area contributed by atoms with Gasteiger partial charge in [-0.1, -0.05) is 0 Å². The van der Waals surface area contributed by atoms with E-state index in [-0.39, 0.29) is 5.91 Å². The van der Waals surface area contributed by atoms with Gasteiger partial charge in [0.25, 0.3) is 0 Å². The van der Waals surface area contributed by atoms with E-state index >= 15 is 0 Å². The maximum absolute atomic E-state index is 11.0. The van der Waals surface area contributed by atoms with Gasteiger partial charge < -0.3 is 16.0 Å². The van der Waals surface area contributed by atoms with E-state index in [4.69, 9.17) is 5.73 Å². The van der Waals surface area contributed by atoms with E-state index in [0.717, 1.165) is 13.0 Å². The SMILES string of the molecule is NC(=O)NCCN1CCCC1=O. The van der Waals surface area contributed by atoms with Crippen molar-refractivity contribution in [3.63, 3.8) is 0 Å². The van der Waals surface area contributed by atoms with E-state index in [1.165, 1.54) is 0 Å². The van der Waals surface area contributed by atoms with E-state index in [1.54, 1.807) is 4.90 Å². The number of hydrogen-bond acceptors (Lipinski definition) is 2. The molecule has 3 amide bonds. The summed E-state index contributed by atoms with van der Waals surface area (Å²) in [5, 5.41) is 2.44. The molecule has 0 spiro atoms. The smallest absolute Gasteiger partial charge is 0.312 e. The van der Waals surface area contributed by atoms with Crippen LogP contribution in [0.3, 0.4) is 0 Å². The number of nitrogens with one attached hydrogen (secondary N) is 1. The largest absolute Gasteiger partial charge is 0.352 e. The Balaban J connectivity index is 2.14. The number of carbonyl (C=O) groups excluding carboxylic acids is 2. The first-order valence-corrected chi connectivity index (χ1v) is 4.01. The molecule has 1 aliphatic heterocycles. The molecule has 0 atom stereocenters. The molecule has 12 heavy (non-hydrogen) atoms. The molecule has 0 aromatic rings. The second-order valence-corrected chi connectivity index (χ2v) is 2.78.